The predicted octanol–water partition coefficient (Wildman–Crippen LogP) is 0.828. The van der Waals surface area contributed by atoms with E-state index in [2.05, 4.69) is 25.9 Å². The third-order valence-electron chi connectivity index (χ3n) is 3.93. The second kappa shape index (κ2) is 7.30. The van der Waals surface area contributed by atoms with Crippen LogP contribution in [0.5, 0.6) is 0 Å². The molecule has 1 aliphatic heterocycles. The minimum atomic E-state index is -0.343. The van der Waals surface area contributed by atoms with E-state index in [1.807, 2.05) is 0 Å². The smallest absolute Gasteiger partial charge is 0.271 e. The Morgan fingerprint density at radius 3 is 2.85 bits per heavy atom. The summed E-state index contributed by atoms with van der Waals surface area (Å²) in [7, 11) is 0. The van der Waals surface area contributed by atoms with Crippen LogP contribution in [0.3, 0.4) is 0 Å². The van der Waals surface area contributed by atoms with Crippen LogP contribution < -0.4 is 16.0 Å². The van der Waals surface area contributed by atoms with Gasteiger partial charge in [-0.1, -0.05) is 0 Å². The lowest BCUT2D eigenvalue weighted by molar-refractivity contribution is -0.115. The zero-order chi connectivity index (χ0) is 18.7. The van der Waals surface area contributed by atoms with Crippen LogP contribution in [-0.4, -0.2) is 40.3 Å². The van der Waals surface area contributed by atoms with Gasteiger partial charge in [0.1, 0.15) is 5.69 Å². The first-order chi connectivity index (χ1) is 12.4. The van der Waals surface area contributed by atoms with Gasteiger partial charge >= 0.3 is 0 Å². The summed E-state index contributed by atoms with van der Waals surface area (Å²) in [5, 5.41) is 8.27. The van der Waals surface area contributed by atoms with Crippen molar-refractivity contribution in [2.45, 2.75) is 26.3 Å². The van der Waals surface area contributed by atoms with Gasteiger partial charge in [0.15, 0.2) is 0 Å². The summed E-state index contributed by atoms with van der Waals surface area (Å²) in [5.74, 6) is -0.679. The van der Waals surface area contributed by atoms with Crippen molar-refractivity contribution in [2.75, 3.05) is 11.9 Å². The van der Waals surface area contributed by atoms with Gasteiger partial charge in [0.25, 0.3) is 11.8 Å². The lowest BCUT2D eigenvalue weighted by atomic mass is 10.1. The lowest BCUT2D eigenvalue weighted by Gasteiger charge is -2.15. The molecule has 134 valence electrons. The van der Waals surface area contributed by atoms with E-state index >= 15 is 0 Å². The maximum Gasteiger partial charge on any atom is 0.271 e. The normalized spacial score (nSPS) is 13.5. The maximum absolute atomic E-state index is 12.3. The van der Waals surface area contributed by atoms with E-state index in [1.54, 1.807) is 38.2 Å². The Hall–Kier alpha value is -3.29. The number of nitrogens with one attached hydrogen (secondary N) is 3. The number of aromatic nitrogens is 2. The molecule has 2 aromatic rings. The Kier molecular flexibility index (Phi) is 4.92. The molecular weight excluding hydrogens is 334 g/mol. The molecule has 1 aromatic heterocycles. The molecular formula is C18H19N5O3. The van der Waals surface area contributed by atoms with Gasteiger partial charge in [-0.25, -0.2) is 4.98 Å². The number of aryl methyl sites for hydroxylation is 1. The molecule has 26 heavy (non-hydrogen) atoms. The molecule has 0 bridgehead atoms. The van der Waals surface area contributed by atoms with Crippen molar-refractivity contribution >= 4 is 23.4 Å². The third-order valence-corrected chi connectivity index (χ3v) is 3.93. The van der Waals surface area contributed by atoms with Crippen LogP contribution in [0.1, 0.15) is 39.0 Å². The highest BCUT2D eigenvalue weighted by Crippen LogP contribution is 2.23. The molecule has 0 spiro atoms. The SMILES string of the molecule is Cc1cncc(C(=O)NC[C@H](C)NC(=O)c2ccc3c(c2)CC(=O)N3)n1. The number of rotatable bonds is 5. The van der Waals surface area contributed by atoms with Crippen molar-refractivity contribution < 1.29 is 14.4 Å². The molecule has 8 heteroatoms. The number of anilines is 1. The molecule has 3 rings (SSSR count). The van der Waals surface area contributed by atoms with Crippen LogP contribution in [0.25, 0.3) is 0 Å². The molecule has 1 aliphatic rings. The van der Waals surface area contributed by atoms with E-state index in [9.17, 15) is 14.4 Å². The monoisotopic (exact) mass is 353 g/mol. The fraction of sp³-hybridized carbons (Fsp3) is 0.278. The van der Waals surface area contributed by atoms with Crippen LogP contribution in [0.2, 0.25) is 0 Å². The van der Waals surface area contributed by atoms with E-state index in [4.69, 9.17) is 0 Å². The van der Waals surface area contributed by atoms with E-state index in [0.29, 0.717) is 11.3 Å². The Morgan fingerprint density at radius 2 is 2.08 bits per heavy atom. The number of amides is 3. The van der Waals surface area contributed by atoms with Gasteiger partial charge in [0.05, 0.1) is 18.3 Å². The Bertz CT molecular complexity index is 881. The van der Waals surface area contributed by atoms with E-state index in [1.165, 1.54) is 6.20 Å². The minimum absolute atomic E-state index is 0.0760. The van der Waals surface area contributed by atoms with Crippen molar-refractivity contribution in [1.82, 2.24) is 20.6 Å². The second-order valence-electron chi connectivity index (χ2n) is 6.23. The summed E-state index contributed by atoms with van der Waals surface area (Å²) < 4.78 is 0. The molecule has 3 N–H and O–H groups in total. The Balaban J connectivity index is 1.54. The van der Waals surface area contributed by atoms with Crippen LogP contribution >= 0.6 is 0 Å². The molecule has 1 atom stereocenters. The summed E-state index contributed by atoms with van der Waals surface area (Å²) in [6.45, 7) is 3.80. The molecule has 0 aliphatic carbocycles. The van der Waals surface area contributed by atoms with Crippen molar-refractivity contribution in [3.63, 3.8) is 0 Å². The highest BCUT2D eigenvalue weighted by atomic mass is 16.2. The number of hydrogen-bond acceptors (Lipinski definition) is 5. The zero-order valence-corrected chi connectivity index (χ0v) is 14.5. The van der Waals surface area contributed by atoms with Gasteiger partial charge in [0, 0.05) is 30.0 Å². The summed E-state index contributed by atoms with van der Waals surface area (Å²) in [5.41, 5.74) is 2.92. The highest BCUT2D eigenvalue weighted by Gasteiger charge is 2.20. The third kappa shape index (κ3) is 4.02. The number of hydrogen-bond donors (Lipinski definition) is 3. The summed E-state index contributed by atoms with van der Waals surface area (Å²) in [4.78, 5) is 43.8. The van der Waals surface area contributed by atoms with Gasteiger partial charge in [0.2, 0.25) is 5.91 Å². The van der Waals surface area contributed by atoms with E-state index in [-0.39, 0.29) is 42.4 Å². The average molecular weight is 353 g/mol. The van der Waals surface area contributed by atoms with E-state index in [0.717, 1.165) is 11.3 Å². The molecule has 2 heterocycles. The molecule has 0 saturated carbocycles. The summed E-state index contributed by atoms with van der Waals surface area (Å²) in [6, 6.07) is 4.80. The molecule has 0 unspecified atom stereocenters. The first kappa shape index (κ1) is 17.5. The molecule has 1 aromatic carbocycles. The van der Waals surface area contributed by atoms with Gasteiger partial charge in [-0.05, 0) is 37.6 Å². The quantitative estimate of drug-likeness (QED) is 0.737. The average Bonchev–Trinajstić information content (AvgIpc) is 2.98. The lowest BCUT2D eigenvalue weighted by Crippen LogP contribution is -2.42. The van der Waals surface area contributed by atoms with Crippen molar-refractivity contribution in [3.05, 3.63) is 53.1 Å². The second-order valence-corrected chi connectivity index (χ2v) is 6.23. The van der Waals surface area contributed by atoms with Gasteiger partial charge < -0.3 is 16.0 Å². The van der Waals surface area contributed by atoms with Gasteiger partial charge in [-0.15, -0.1) is 0 Å². The number of carbonyl (C=O) groups excluding carboxylic acids is 3. The van der Waals surface area contributed by atoms with Gasteiger partial charge in [-0.3, -0.25) is 19.4 Å². The summed E-state index contributed by atoms with van der Waals surface area (Å²) in [6.07, 6.45) is 3.24. The summed E-state index contributed by atoms with van der Waals surface area (Å²) >= 11 is 0. The van der Waals surface area contributed by atoms with Crippen molar-refractivity contribution in [1.29, 1.82) is 0 Å². The Labute approximate surface area is 150 Å². The topological polar surface area (TPSA) is 113 Å². The Morgan fingerprint density at radius 1 is 1.27 bits per heavy atom. The highest BCUT2D eigenvalue weighted by molar-refractivity contribution is 6.01. The fourth-order valence-corrected chi connectivity index (χ4v) is 2.64. The van der Waals surface area contributed by atoms with Crippen LogP contribution in [-0.2, 0) is 11.2 Å². The first-order valence-corrected chi connectivity index (χ1v) is 8.23. The van der Waals surface area contributed by atoms with Gasteiger partial charge in [-0.2, -0.15) is 0 Å². The van der Waals surface area contributed by atoms with Crippen LogP contribution in [0, 0.1) is 6.92 Å². The maximum atomic E-state index is 12.3. The molecule has 3 amide bonds. The molecule has 8 nitrogen and oxygen atoms in total. The molecule has 0 radical (unpaired) electrons. The van der Waals surface area contributed by atoms with Crippen LogP contribution in [0.15, 0.2) is 30.6 Å². The fourth-order valence-electron chi connectivity index (χ4n) is 2.64. The number of fused-ring (bicyclic) bond motifs is 1. The molecule has 0 fully saturated rings. The number of carbonyl (C=O) groups is 3. The zero-order valence-electron chi connectivity index (χ0n) is 14.5. The first-order valence-electron chi connectivity index (χ1n) is 8.23. The predicted molar refractivity (Wildman–Crippen MR) is 94.8 cm³/mol. The van der Waals surface area contributed by atoms with Crippen LogP contribution in [0.4, 0.5) is 5.69 Å². The number of benzene rings is 1. The van der Waals surface area contributed by atoms with E-state index < -0.39 is 0 Å². The molecule has 0 saturated heterocycles. The largest absolute Gasteiger partial charge is 0.349 e. The van der Waals surface area contributed by atoms with Crippen molar-refractivity contribution in [3.8, 4) is 0 Å². The standard InChI is InChI=1S/C18H19N5O3/c1-10-7-19-9-15(21-10)18(26)20-8-11(2)22-17(25)12-3-4-14-13(5-12)6-16(24)23-14/h3-5,7,9,11H,6,8H2,1-2H3,(H,20,26)(H,22,25)(H,23,24)/t11-/m0/s1. The van der Waals surface area contributed by atoms with Crippen molar-refractivity contribution in [2.24, 2.45) is 0 Å². The number of nitrogens with zero attached hydrogens (tertiary/aromatic N) is 2. The minimum Gasteiger partial charge on any atom is -0.349 e.